The molecule has 2 N–H and O–H groups in total. The zero-order valence-corrected chi connectivity index (χ0v) is 5.68. The van der Waals surface area contributed by atoms with Crippen molar-refractivity contribution in [2.75, 3.05) is 12.4 Å². The highest BCUT2D eigenvalue weighted by Crippen LogP contribution is 2.02. The van der Waals surface area contributed by atoms with Crippen molar-refractivity contribution in [1.82, 2.24) is 4.57 Å². The molecular weight excluding hydrogens is 131 g/mol. The fourth-order valence-corrected chi connectivity index (χ4v) is 0.771. The van der Waals surface area contributed by atoms with Crippen LogP contribution in [0.15, 0.2) is 18.4 Å². The van der Waals surface area contributed by atoms with E-state index >= 15 is 0 Å². The highest BCUT2D eigenvalue weighted by atomic mass is 19.1. The molecule has 0 aromatic carbocycles. The molecule has 0 saturated carbocycles. The number of hydrogen-bond donors (Lipinski definition) is 1. The van der Waals surface area contributed by atoms with E-state index in [1.807, 2.05) is 0 Å². The second-order valence-corrected chi connectivity index (χ2v) is 2.12. The van der Waals surface area contributed by atoms with Gasteiger partial charge in [-0.1, -0.05) is 0 Å². The summed E-state index contributed by atoms with van der Waals surface area (Å²) in [5.41, 5.74) is 5.86. The molecule has 0 fully saturated rings. The van der Waals surface area contributed by atoms with E-state index in [0.29, 0.717) is 18.7 Å². The van der Waals surface area contributed by atoms with Crippen LogP contribution in [0, 0.1) is 0 Å². The molecule has 0 radical (unpaired) electrons. The molecule has 1 rings (SSSR count). The molecule has 3 heteroatoms. The van der Waals surface area contributed by atoms with Gasteiger partial charge in [-0.2, -0.15) is 0 Å². The van der Waals surface area contributed by atoms with Crippen molar-refractivity contribution in [1.29, 1.82) is 0 Å². The molecule has 0 unspecified atom stereocenters. The second-order valence-electron chi connectivity index (χ2n) is 2.12. The first-order valence-electron chi connectivity index (χ1n) is 3.73. The van der Waals surface area contributed by atoms with E-state index in [0.717, 1.165) is 0 Å². The minimum absolute atomic E-state index is 0.276. The maximum absolute atomic E-state index is 11.7. The van der Waals surface area contributed by atoms with Crippen molar-refractivity contribution in [2.45, 2.75) is 13.0 Å². The van der Waals surface area contributed by atoms with Gasteiger partial charge < -0.3 is 10.3 Å². The fourth-order valence-electron chi connectivity index (χ4n) is 0.771. The molecule has 0 spiro atoms. The van der Waals surface area contributed by atoms with E-state index in [-0.39, 0.29) is 12.8 Å². The number of aryl methyl sites for hydroxylation is 1. The van der Waals surface area contributed by atoms with Gasteiger partial charge in [0.05, 0.1) is 8.05 Å². The van der Waals surface area contributed by atoms with Crippen molar-refractivity contribution in [3.8, 4) is 0 Å². The number of halogens is 1. The first kappa shape index (κ1) is 5.77. The highest BCUT2D eigenvalue weighted by Gasteiger charge is 1.90. The quantitative estimate of drug-likeness (QED) is 0.681. The maximum atomic E-state index is 11.7. The Morgan fingerprint density at radius 2 is 2.60 bits per heavy atom. The van der Waals surface area contributed by atoms with Gasteiger partial charge >= 0.3 is 0 Å². The number of anilines is 1. The lowest BCUT2D eigenvalue weighted by Crippen LogP contribution is -1.94. The van der Waals surface area contributed by atoms with Crippen LogP contribution in [0.2, 0.25) is 0 Å². The van der Waals surface area contributed by atoms with Gasteiger partial charge in [-0.25, -0.2) is 0 Å². The summed E-state index contributed by atoms with van der Waals surface area (Å²) >= 11 is 0. The standard InChI is InChI=1S/C7H11FN2/c8-3-1-4-10-5-2-7(9)6-10/h2,5-6H,1,3-4,9H2/i6D. The first-order valence-corrected chi connectivity index (χ1v) is 3.23. The van der Waals surface area contributed by atoms with Crippen LogP contribution in [-0.2, 0) is 6.54 Å². The first-order chi connectivity index (χ1) is 5.25. The zero-order valence-electron chi connectivity index (χ0n) is 6.68. The number of hydrogen-bond acceptors (Lipinski definition) is 1. The third-order valence-electron chi connectivity index (χ3n) is 1.24. The van der Waals surface area contributed by atoms with Crippen LogP contribution >= 0.6 is 0 Å². The molecular formula is C7H11FN2. The highest BCUT2D eigenvalue weighted by molar-refractivity contribution is 5.34. The van der Waals surface area contributed by atoms with Crippen LogP contribution in [0.1, 0.15) is 7.79 Å². The molecule has 2 nitrogen and oxygen atoms in total. The molecule has 0 aliphatic rings. The summed E-state index contributed by atoms with van der Waals surface area (Å²) in [6.07, 6.45) is 2.42. The minimum Gasteiger partial charge on any atom is -0.398 e. The van der Waals surface area contributed by atoms with Gasteiger partial charge in [-0.3, -0.25) is 4.39 Å². The number of aromatic nitrogens is 1. The molecule has 0 aliphatic carbocycles. The summed E-state index contributed by atoms with van der Waals surface area (Å²) in [5, 5.41) is 0. The Bertz CT molecular complexity index is 234. The van der Waals surface area contributed by atoms with Crippen LogP contribution in [0.25, 0.3) is 0 Å². The predicted octanol–water partition coefficient (Wildman–Crippen LogP) is 1.43. The second kappa shape index (κ2) is 3.25. The molecule has 10 heavy (non-hydrogen) atoms. The van der Waals surface area contributed by atoms with Crippen molar-refractivity contribution in [3.05, 3.63) is 18.4 Å². The molecule has 0 atom stereocenters. The SMILES string of the molecule is [2H]c1c(N)ccn1CCCF. The lowest BCUT2D eigenvalue weighted by Gasteiger charge is -1.96. The van der Waals surface area contributed by atoms with Crippen LogP contribution in [0.5, 0.6) is 0 Å². The Morgan fingerprint density at radius 1 is 1.80 bits per heavy atom. The molecule has 1 aromatic rings. The van der Waals surface area contributed by atoms with Gasteiger partial charge in [0.2, 0.25) is 0 Å². The smallest absolute Gasteiger partial charge is 0.0911 e. The summed E-state index contributed by atoms with van der Waals surface area (Å²) in [6, 6.07) is 1.65. The van der Waals surface area contributed by atoms with E-state index in [1.54, 1.807) is 16.8 Å². The molecule has 0 amide bonds. The van der Waals surface area contributed by atoms with Gasteiger partial charge in [0.15, 0.2) is 0 Å². The lowest BCUT2D eigenvalue weighted by atomic mass is 10.5. The maximum Gasteiger partial charge on any atom is 0.0911 e. The van der Waals surface area contributed by atoms with Crippen molar-refractivity contribution >= 4 is 5.69 Å². The van der Waals surface area contributed by atoms with E-state index < -0.39 is 0 Å². The number of rotatable bonds is 3. The number of alkyl halides is 1. The van der Waals surface area contributed by atoms with Crippen molar-refractivity contribution < 1.29 is 5.76 Å². The summed E-state index contributed by atoms with van der Waals surface area (Å²) in [5.74, 6) is 0. The van der Waals surface area contributed by atoms with E-state index in [4.69, 9.17) is 7.10 Å². The Hall–Kier alpha value is -0.990. The average molecular weight is 143 g/mol. The molecule has 0 saturated heterocycles. The Labute approximate surface area is 60.9 Å². The summed E-state index contributed by atoms with van der Waals surface area (Å²) in [4.78, 5) is 0. The minimum atomic E-state index is -0.350. The predicted molar refractivity (Wildman–Crippen MR) is 39.4 cm³/mol. The fraction of sp³-hybridized carbons (Fsp3) is 0.429. The molecule has 1 aromatic heterocycles. The van der Waals surface area contributed by atoms with Gasteiger partial charge in [0.1, 0.15) is 0 Å². The topological polar surface area (TPSA) is 30.9 Å². The largest absolute Gasteiger partial charge is 0.398 e. The van der Waals surface area contributed by atoms with E-state index in [1.165, 1.54) is 0 Å². The average Bonchev–Trinajstić information content (AvgIpc) is 2.31. The van der Waals surface area contributed by atoms with Gasteiger partial charge in [-0.15, -0.1) is 0 Å². The van der Waals surface area contributed by atoms with Crippen molar-refractivity contribution in [2.24, 2.45) is 0 Å². The van der Waals surface area contributed by atoms with Crippen LogP contribution in [0.4, 0.5) is 10.1 Å². The number of nitrogens with zero attached hydrogens (tertiary/aromatic N) is 1. The number of nitrogens with two attached hydrogens (primary N) is 1. The Balaban J connectivity index is 2.63. The Morgan fingerprint density at radius 3 is 3.10 bits per heavy atom. The summed E-state index contributed by atoms with van der Waals surface area (Å²) in [6.45, 7) is 0.185. The van der Waals surface area contributed by atoms with E-state index in [2.05, 4.69) is 0 Å². The molecule has 1 heterocycles. The summed E-state index contributed by atoms with van der Waals surface area (Å²) in [7, 11) is 0. The van der Waals surface area contributed by atoms with Crippen molar-refractivity contribution in [3.63, 3.8) is 0 Å². The third-order valence-corrected chi connectivity index (χ3v) is 1.24. The Kier molecular flexibility index (Phi) is 1.87. The van der Waals surface area contributed by atoms with Crippen LogP contribution in [0.3, 0.4) is 0 Å². The lowest BCUT2D eigenvalue weighted by molar-refractivity contribution is 0.447. The zero-order chi connectivity index (χ0) is 8.27. The third kappa shape index (κ3) is 1.76. The molecule has 0 aliphatic heterocycles. The van der Waals surface area contributed by atoms with E-state index in [9.17, 15) is 4.39 Å². The van der Waals surface area contributed by atoms with Gasteiger partial charge in [0.25, 0.3) is 0 Å². The molecule has 0 bridgehead atoms. The van der Waals surface area contributed by atoms with Crippen LogP contribution < -0.4 is 5.73 Å². The van der Waals surface area contributed by atoms with Gasteiger partial charge in [-0.05, 0) is 12.5 Å². The number of nitrogen functional groups attached to an aromatic ring is 1. The van der Waals surface area contributed by atoms with Gasteiger partial charge in [0, 0.05) is 24.6 Å². The van der Waals surface area contributed by atoms with Crippen LogP contribution in [-0.4, -0.2) is 11.2 Å². The summed E-state index contributed by atoms with van der Waals surface area (Å²) < 4.78 is 20.7. The monoisotopic (exact) mass is 143 g/mol. The normalized spacial score (nSPS) is 11.5. The molecule has 56 valence electrons.